The van der Waals surface area contributed by atoms with Crippen LogP contribution in [0.4, 0.5) is 4.79 Å². The smallest absolute Gasteiger partial charge is 0.317 e. The number of carbonyl (C=O) groups excluding carboxylic acids is 1. The minimum Gasteiger partial charge on any atom is -0.336 e. The molecule has 0 bridgehead atoms. The van der Waals surface area contributed by atoms with E-state index >= 15 is 0 Å². The quantitative estimate of drug-likeness (QED) is 0.905. The van der Waals surface area contributed by atoms with Crippen LogP contribution in [0.1, 0.15) is 44.0 Å². The van der Waals surface area contributed by atoms with Gasteiger partial charge in [0.05, 0.1) is 12.0 Å². The topological polar surface area (TPSA) is 50.2 Å². The van der Waals surface area contributed by atoms with Gasteiger partial charge in [-0.05, 0) is 25.7 Å². The molecule has 0 atom stereocenters. The summed E-state index contributed by atoms with van der Waals surface area (Å²) in [6.07, 6.45) is 4.13. The number of amides is 2. The highest BCUT2D eigenvalue weighted by atomic mass is 16.2. The first kappa shape index (κ1) is 13.9. The first-order chi connectivity index (χ1) is 9.09. The van der Waals surface area contributed by atoms with Crippen molar-refractivity contribution in [2.45, 2.75) is 46.1 Å². The van der Waals surface area contributed by atoms with E-state index in [2.05, 4.69) is 35.6 Å². The molecule has 5 heteroatoms. The fraction of sp³-hybridized carbons (Fsp3) is 0.714. The van der Waals surface area contributed by atoms with Crippen LogP contribution in [-0.2, 0) is 6.54 Å². The van der Waals surface area contributed by atoms with Crippen molar-refractivity contribution in [2.75, 3.05) is 19.6 Å². The minimum absolute atomic E-state index is 0.0688. The molecule has 1 aliphatic heterocycles. The van der Waals surface area contributed by atoms with E-state index in [1.54, 1.807) is 0 Å². The van der Waals surface area contributed by atoms with Crippen molar-refractivity contribution in [3.8, 4) is 0 Å². The molecule has 2 amide bonds. The molecule has 1 aromatic heterocycles. The molecule has 0 unspecified atom stereocenters. The van der Waals surface area contributed by atoms with Crippen molar-refractivity contribution in [1.82, 2.24) is 19.8 Å². The molecule has 1 fully saturated rings. The molecule has 2 heterocycles. The number of nitrogens with zero attached hydrogens (tertiary/aromatic N) is 3. The van der Waals surface area contributed by atoms with E-state index in [1.165, 1.54) is 5.69 Å². The zero-order valence-electron chi connectivity index (χ0n) is 12.1. The predicted molar refractivity (Wildman–Crippen MR) is 75.3 cm³/mol. The Balaban J connectivity index is 1.80. The zero-order valence-corrected chi connectivity index (χ0v) is 12.1. The van der Waals surface area contributed by atoms with Crippen LogP contribution in [0, 0.1) is 6.92 Å². The molecule has 1 N–H and O–H groups in total. The lowest BCUT2D eigenvalue weighted by atomic mass is 10.1. The van der Waals surface area contributed by atoms with Crippen LogP contribution in [0.5, 0.6) is 0 Å². The van der Waals surface area contributed by atoms with Gasteiger partial charge in [0.25, 0.3) is 0 Å². The Morgan fingerprint density at radius 1 is 1.42 bits per heavy atom. The summed E-state index contributed by atoms with van der Waals surface area (Å²) in [4.78, 5) is 18.1. The SMILES string of the molecule is Cc1c(C(C)C)ncn1CCNC(=O)N1CCCC1. The van der Waals surface area contributed by atoms with Gasteiger partial charge in [0.1, 0.15) is 0 Å². The Labute approximate surface area is 115 Å². The Morgan fingerprint density at radius 2 is 2.11 bits per heavy atom. The van der Waals surface area contributed by atoms with Crippen LogP contribution in [0.2, 0.25) is 0 Å². The molecule has 0 aromatic carbocycles. The number of carbonyl (C=O) groups is 1. The van der Waals surface area contributed by atoms with Crippen molar-refractivity contribution in [1.29, 1.82) is 0 Å². The lowest BCUT2D eigenvalue weighted by molar-refractivity contribution is 0.208. The lowest BCUT2D eigenvalue weighted by Gasteiger charge is -2.16. The molecule has 2 rings (SSSR count). The summed E-state index contributed by atoms with van der Waals surface area (Å²) in [6, 6.07) is 0.0688. The fourth-order valence-electron chi connectivity index (χ4n) is 2.57. The fourth-order valence-corrected chi connectivity index (χ4v) is 2.57. The Morgan fingerprint density at radius 3 is 2.68 bits per heavy atom. The molecule has 1 aliphatic rings. The van der Waals surface area contributed by atoms with Crippen LogP contribution in [0.15, 0.2) is 6.33 Å². The maximum Gasteiger partial charge on any atom is 0.317 e. The number of likely N-dealkylation sites (tertiary alicyclic amines) is 1. The maximum absolute atomic E-state index is 11.8. The third kappa shape index (κ3) is 3.28. The molecule has 1 aromatic rings. The summed E-state index contributed by atoms with van der Waals surface area (Å²) in [6.45, 7) is 9.62. The van der Waals surface area contributed by atoms with Crippen molar-refractivity contribution in [2.24, 2.45) is 0 Å². The van der Waals surface area contributed by atoms with Gasteiger partial charge in [-0.1, -0.05) is 13.8 Å². The number of imidazole rings is 1. The molecule has 19 heavy (non-hydrogen) atoms. The Bertz CT molecular complexity index is 433. The normalized spacial score (nSPS) is 15.3. The van der Waals surface area contributed by atoms with Crippen LogP contribution in [0.3, 0.4) is 0 Å². The van der Waals surface area contributed by atoms with E-state index in [4.69, 9.17) is 0 Å². The molecular formula is C14H24N4O. The van der Waals surface area contributed by atoms with E-state index in [0.29, 0.717) is 12.5 Å². The molecule has 0 saturated carbocycles. The van der Waals surface area contributed by atoms with Gasteiger partial charge in [0, 0.05) is 31.9 Å². The number of nitrogens with one attached hydrogen (secondary N) is 1. The molecule has 5 nitrogen and oxygen atoms in total. The largest absolute Gasteiger partial charge is 0.336 e. The summed E-state index contributed by atoms with van der Waals surface area (Å²) in [5, 5.41) is 2.98. The number of hydrogen-bond donors (Lipinski definition) is 1. The van der Waals surface area contributed by atoms with Gasteiger partial charge < -0.3 is 14.8 Å². The molecule has 106 valence electrons. The van der Waals surface area contributed by atoms with Gasteiger partial charge in [0.15, 0.2) is 0 Å². The highest BCUT2D eigenvalue weighted by molar-refractivity contribution is 5.74. The summed E-state index contributed by atoms with van der Waals surface area (Å²) < 4.78 is 2.11. The van der Waals surface area contributed by atoms with Gasteiger partial charge in [-0.3, -0.25) is 0 Å². The number of urea groups is 1. The summed E-state index contributed by atoms with van der Waals surface area (Å²) in [5.41, 5.74) is 2.34. The molecule has 0 radical (unpaired) electrons. The zero-order chi connectivity index (χ0) is 13.8. The van der Waals surface area contributed by atoms with E-state index < -0.39 is 0 Å². The maximum atomic E-state index is 11.8. The van der Waals surface area contributed by atoms with Gasteiger partial charge in [-0.2, -0.15) is 0 Å². The third-order valence-electron chi connectivity index (χ3n) is 3.71. The van der Waals surface area contributed by atoms with Crippen molar-refractivity contribution >= 4 is 6.03 Å². The summed E-state index contributed by atoms with van der Waals surface area (Å²) >= 11 is 0. The number of hydrogen-bond acceptors (Lipinski definition) is 2. The van der Waals surface area contributed by atoms with Gasteiger partial charge in [-0.15, -0.1) is 0 Å². The number of aromatic nitrogens is 2. The molecule has 0 aliphatic carbocycles. The van der Waals surface area contributed by atoms with Gasteiger partial charge >= 0.3 is 6.03 Å². The second-order valence-corrected chi connectivity index (χ2v) is 5.49. The first-order valence-corrected chi connectivity index (χ1v) is 7.14. The summed E-state index contributed by atoms with van der Waals surface area (Å²) in [5.74, 6) is 0.445. The second kappa shape index (κ2) is 6.08. The van der Waals surface area contributed by atoms with Crippen LogP contribution >= 0.6 is 0 Å². The second-order valence-electron chi connectivity index (χ2n) is 5.49. The lowest BCUT2D eigenvalue weighted by Crippen LogP contribution is -2.39. The highest BCUT2D eigenvalue weighted by Crippen LogP contribution is 2.16. The van der Waals surface area contributed by atoms with Gasteiger partial charge in [0.2, 0.25) is 0 Å². The standard InChI is InChI=1S/C14H24N4O/c1-11(2)13-12(3)18(10-16-13)9-6-15-14(19)17-7-4-5-8-17/h10-11H,4-9H2,1-3H3,(H,15,19). The van der Waals surface area contributed by atoms with Crippen molar-refractivity contribution in [3.05, 3.63) is 17.7 Å². The van der Waals surface area contributed by atoms with Crippen molar-refractivity contribution in [3.63, 3.8) is 0 Å². The average Bonchev–Trinajstić information content (AvgIpc) is 2.99. The van der Waals surface area contributed by atoms with Crippen LogP contribution in [0.25, 0.3) is 0 Å². The van der Waals surface area contributed by atoms with Crippen LogP contribution in [-0.4, -0.2) is 40.1 Å². The molecular weight excluding hydrogens is 240 g/mol. The van der Waals surface area contributed by atoms with Crippen LogP contribution < -0.4 is 5.32 Å². The number of rotatable bonds is 4. The van der Waals surface area contributed by atoms with E-state index in [0.717, 1.165) is 38.2 Å². The Kier molecular flexibility index (Phi) is 4.45. The predicted octanol–water partition coefficient (Wildman–Crippen LogP) is 2.12. The third-order valence-corrected chi connectivity index (χ3v) is 3.71. The van der Waals surface area contributed by atoms with E-state index in [1.807, 2.05) is 11.2 Å². The van der Waals surface area contributed by atoms with E-state index in [-0.39, 0.29) is 6.03 Å². The monoisotopic (exact) mass is 264 g/mol. The summed E-state index contributed by atoms with van der Waals surface area (Å²) in [7, 11) is 0. The van der Waals surface area contributed by atoms with E-state index in [9.17, 15) is 4.79 Å². The van der Waals surface area contributed by atoms with Crippen molar-refractivity contribution < 1.29 is 4.79 Å². The van der Waals surface area contributed by atoms with Gasteiger partial charge in [-0.25, -0.2) is 9.78 Å². The molecule has 1 saturated heterocycles. The first-order valence-electron chi connectivity index (χ1n) is 7.14. The Hall–Kier alpha value is -1.52. The minimum atomic E-state index is 0.0688. The highest BCUT2D eigenvalue weighted by Gasteiger charge is 2.17. The molecule has 0 spiro atoms. The average molecular weight is 264 g/mol.